The summed E-state index contributed by atoms with van der Waals surface area (Å²) in [6.07, 6.45) is 0. The van der Waals surface area contributed by atoms with Gasteiger partial charge in [0, 0.05) is 16.1 Å². The Labute approximate surface area is 105 Å². The topological polar surface area (TPSA) is 25.8 Å². The molecule has 1 heterocycles. The van der Waals surface area contributed by atoms with Crippen molar-refractivity contribution in [3.05, 3.63) is 45.2 Å². The molecule has 0 aliphatic heterocycles. The highest BCUT2D eigenvalue weighted by molar-refractivity contribution is 9.10. The van der Waals surface area contributed by atoms with E-state index in [0.29, 0.717) is 10.8 Å². The molecule has 0 amide bonds. The number of halogens is 3. The van der Waals surface area contributed by atoms with Crippen LogP contribution in [0.5, 0.6) is 0 Å². The number of hydrogen-bond donors (Lipinski definition) is 0. The van der Waals surface area contributed by atoms with Crippen LogP contribution in [0.3, 0.4) is 0 Å². The van der Waals surface area contributed by atoms with E-state index in [2.05, 4.69) is 25.9 Å². The van der Waals surface area contributed by atoms with Crippen LogP contribution in [-0.2, 0) is 0 Å². The minimum Gasteiger partial charge on any atom is -0.218 e. The number of aromatic nitrogens is 2. The van der Waals surface area contributed by atoms with E-state index in [4.69, 9.17) is 23.2 Å². The quantitative estimate of drug-likeness (QED) is 0.582. The van der Waals surface area contributed by atoms with Gasteiger partial charge in [-0.3, -0.25) is 0 Å². The summed E-state index contributed by atoms with van der Waals surface area (Å²) in [4.78, 5) is 7.90. The Morgan fingerprint density at radius 1 is 1.07 bits per heavy atom. The molecule has 0 spiro atoms. The highest BCUT2D eigenvalue weighted by Crippen LogP contribution is 2.28. The molecular formula is C10H5BrCl2N2. The molecule has 0 atom stereocenters. The average Bonchev–Trinajstić information content (AvgIpc) is 2.16. The number of nitrogens with zero attached hydrogens (tertiary/aromatic N) is 2. The summed E-state index contributed by atoms with van der Waals surface area (Å²) in [5.41, 5.74) is 1.64. The minimum atomic E-state index is 0.147. The zero-order chi connectivity index (χ0) is 10.8. The van der Waals surface area contributed by atoms with E-state index < -0.39 is 0 Å². The summed E-state index contributed by atoms with van der Waals surface area (Å²) in [5, 5.41) is 0.481. The molecule has 1 aromatic carbocycles. The van der Waals surface area contributed by atoms with Crippen molar-refractivity contribution in [1.29, 1.82) is 0 Å². The molecule has 0 radical (unpaired) electrons. The molecule has 15 heavy (non-hydrogen) atoms. The van der Waals surface area contributed by atoms with Gasteiger partial charge in [0.1, 0.15) is 5.15 Å². The Balaban J connectivity index is 2.59. The molecule has 0 fully saturated rings. The van der Waals surface area contributed by atoms with Crippen LogP contribution in [0.2, 0.25) is 10.4 Å². The predicted molar refractivity (Wildman–Crippen MR) is 65.2 cm³/mol. The van der Waals surface area contributed by atoms with Crippen LogP contribution in [0.15, 0.2) is 34.8 Å². The van der Waals surface area contributed by atoms with E-state index in [-0.39, 0.29) is 5.28 Å². The Bertz CT molecular complexity index is 482. The molecule has 2 aromatic rings. The second kappa shape index (κ2) is 4.47. The van der Waals surface area contributed by atoms with E-state index in [1.54, 1.807) is 6.07 Å². The lowest BCUT2D eigenvalue weighted by Crippen LogP contribution is -1.88. The summed E-state index contributed by atoms with van der Waals surface area (Å²) < 4.78 is 0.941. The smallest absolute Gasteiger partial charge is 0.218 e. The van der Waals surface area contributed by atoms with Gasteiger partial charge in [0.2, 0.25) is 5.28 Å². The highest BCUT2D eigenvalue weighted by atomic mass is 79.9. The third kappa shape index (κ3) is 2.48. The van der Waals surface area contributed by atoms with E-state index in [1.807, 2.05) is 24.3 Å². The van der Waals surface area contributed by atoms with E-state index in [9.17, 15) is 0 Å². The molecular weight excluding hydrogens is 299 g/mol. The van der Waals surface area contributed by atoms with Crippen molar-refractivity contribution >= 4 is 39.1 Å². The number of hydrogen-bond acceptors (Lipinski definition) is 2. The van der Waals surface area contributed by atoms with Gasteiger partial charge in [-0.1, -0.05) is 45.7 Å². The Morgan fingerprint density at radius 3 is 2.47 bits per heavy atom. The highest BCUT2D eigenvalue weighted by Gasteiger charge is 2.06. The predicted octanol–water partition coefficient (Wildman–Crippen LogP) is 4.21. The van der Waals surface area contributed by atoms with Crippen LogP contribution in [-0.4, -0.2) is 9.97 Å². The van der Waals surface area contributed by atoms with Crippen LogP contribution in [0.4, 0.5) is 0 Å². The maximum absolute atomic E-state index is 5.80. The molecule has 0 saturated heterocycles. The van der Waals surface area contributed by atoms with Crippen LogP contribution in [0.1, 0.15) is 0 Å². The summed E-state index contributed by atoms with van der Waals surface area (Å²) in [6, 6.07) is 9.38. The Morgan fingerprint density at radius 2 is 1.80 bits per heavy atom. The number of benzene rings is 1. The van der Waals surface area contributed by atoms with Crippen LogP contribution < -0.4 is 0 Å². The average molecular weight is 304 g/mol. The van der Waals surface area contributed by atoms with Crippen LogP contribution >= 0.6 is 39.1 Å². The van der Waals surface area contributed by atoms with E-state index >= 15 is 0 Å². The molecule has 0 unspecified atom stereocenters. The molecule has 0 aliphatic carbocycles. The monoisotopic (exact) mass is 302 g/mol. The largest absolute Gasteiger partial charge is 0.224 e. The lowest BCUT2D eigenvalue weighted by Gasteiger charge is -2.03. The summed E-state index contributed by atoms with van der Waals surface area (Å²) >= 11 is 15.0. The normalized spacial score (nSPS) is 10.3. The Kier molecular flexibility index (Phi) is 3.24. The van der Waals surface area contributed by atoms with Gasteiger partial charge < -0.3 is 0 Å². The fourth-order valence-corrected chi connectivity index (χ4v) is 2.09. The van der Waals surface area contributed by atoms with Gasteiger partial charge in [0.25, 0.3) is 0 Å². The zero-order valence-corrected chi connectivity index (χ0v) is 10.5. The summed E-state index contributed by atoms with van der Waals surface area (Å²) in [5.74, 6) is 0. The second-order valence-electron chi connectivity index (χ2n) is 2.82. The molecule has 5 heteroatoms. The van der Waals surface area contributed by atoms with Crippen LogP contribution in [0.25, 0.3) is 11.3 Å². The number of rotatable bonds is 1. The van der Waals surface area contributed by atoms with Crippen molar-refractivity contribution in [2.75, 3.05) is 0 Å². The summed E-state index contributed by atoms with van der Waals surface area (Å²) in [6.45, 7) is 0. The SMILES string of the molecule is Clc1cc(-c2ccccc2Br)nc(Cl)n1. The van der Waals surface area contributed by atoms with Gasteiger partial charge in [-0.15, -0.1) is 0 Å². The first-order chi connectivity index (χ1) is 7.16. The lowest BCUT2D eigenvalue weighted by atomic mass is 10.1. The Hall–Kier alpha value is -0.640. The van der Waals surface area contributed by atoms with Crippen molar-refractivity contribution in [1.82, 2.24) is 9.97 Å². The molecule has 0 bridgehead atoms. The standard InChI is InChI=1S/C10H5BrCl2N2/c11-7-4-2-1-3-6(7)8-5-9(12)15-10(13)14-8/h1-5H. The first-order valence-electron chi connectivity index (χ1n) is 4.12. The molecule has 2 rings (SSSR count). The van der Waals surface area contributed by atoms with Crippen molar-refractivity contribution in [2.24, 2.45) is 0 Å². The van der Waals surface area contributed by atoms with Gasteiger partial charge in [0.15, 0.2) is 0 Å². The second-order valence-corrected chi connectivity index (χ2v) is 4.40. The molecule has 76 valence electrons. The fourth-order valence-electron chi connectivity index (χ4n) is 1.20. The molecule has 0 N–H and O–H groups in total. The molecule has 1 aromatic heterocycles. The van der Waals surface area contributed by atoms with Crippen molar-refractivity contribution in [3.8, 4) is 11.3 Å². The van der Waals surface area contributed by atoms with Gasteiger partial charge in [-0.05, 0) is 17.7 Å². The lowest BCUT2D eigenvalue weighted by molar-refractivity contribution is 1.17. The fraction of sp³-hybridized carbons (Fsp3) is 0. The maximum atomic E-state index is 5.80. The molecule has 2 nitrogen and oxygen atoms in total. The van der Waals surface area contributed by atoms with Gasteiger partial charge in [-0.2, -0.15) is 0 Å². The third-order valence-corrected chi connectivity index (χ3v) is 2.87. The van der Waals surface area contributed by atoms with E-state index in [0.717, 1.165) is 10.0 Å². The third-order valence-electron chi connectivity index (χ3n) is 1.82. The zero-order valence-electron chi connectivity index (χ0n) is 7.42. The summed E-state index contributed by atoms with van der Waals surface area (Å²) in [7, 11) is 0. The van der Waals surface area contributed by atoms with Gasteiger partial charge >= 0.3 is 0 Å². The van der Waals surface area contributed by atoms with Crippen molar-refractivity contribution in [3.63, 3.8) is 0 Å². The van der Waals surface area contributed by atoms with E-state index in [1.165, 1.54) is 0 Å². The first kappa shape index (κ1) is 10.9. The minimum absolute atomic E-state index is 0.147. The van der Waals surface area contributed by atoms with Crippen molar-refractivity contribution in [2.45, 2.75) is 0 Å². The first-order valence-corrected chi connectivity index (χ1v) is 5.67. The maximum Gasteiger partial charge on any atom is 0.224 e. The van der Waals surface area contributed by atoms with Gasteiger partial charge in [0.05, 0.1) is 5.69 Å². The molecule has 0 aliphatic rings. The van der Waals surface area contributed by atoms with Gasteiger partial charge in [-0.25, -0.2) is 9.97 Å². The van der Waals surface area contributed by atoms with Crippen LogP contribution in [0, 0.1) is 0 Å². The van der Waals surface area contributed by atoms with Crippen molar-refractivity contribution < 1.29 is 0 Å². The molecule has 0 saturated carbocycles.